The topological polar surface area (TPSA) is 62.2 Å². The third-order valence-electron chi connectivity index (χ3n) is 3.29. The zero-order valence-electron chi connectivity index (χ0n) is 12.5. The Balaban J connectivity index is 2.13. The van der Waals surface area contributed by atoms with Crippen LogP contribution in [-0.2, 0) is 0 Å². The van der Waals surface area contributed by atoms with Crippen molar-refractivity contribution in [2.75, 3.05) is 18.6 Å². The normalized spacial score (nSPS) is 11.9. The maximum atomic E-state index is 12.3. The summed E-state index contributed by atoms with van der Waals surface area (Å²) < 4.78 is 0. The van der Waals surface area contributed by atoms with E-state index in [-0.39, 0.29) is 18.6 Å². The summed E-state index contributed by atoms with van der Waals surface area (Å²) in [5, 5.41) is 12.0. The van der Waals surface area contributed by atoms with Crippen LogP contribution in [0.1, 0.15) is 16.8 Å². The smallest absolute Gasteiger partial charge is 0.253 e. The van der Waals surface area contributed by atoms with E-state index in [2.05, 4.69) is 10.3 Å². The van der Waals surface area contributed by atoms with Crippen molar-refractivity contribution in [3.8, 4) is 11.1 Å². The molecule has 0 saturated heterocycles. The minimum absolute atomic E-state index is 0.0344. The molecule has 2 aromatic rings. The Bertz CT molecular complexity index is 599. The summed E-state index contributed by atoms with van der Waals surface area (Å²) in [5.74, 6) is 0.621. The summed E-state index contributed by atoms with van der Waals surface area (Å²) in [6, 6.07) is 11.6. The Morgan fingerprint density at radius 3 is 2.73 bits per heavy atom. The molecule has 0 aliphatic rings. The number of aliphatic hydroxyl groups is 1. The molecule has 22 heavy (non-hydrogen) atoms. The van der Waals surface area contributed by atoms with Crippen molar-refractivity contribution in [3.63, 3.8) is 0 Å². The molecule has 0 fully saturated rings. The lowest BCUT2D eigenvalue weighted by Gasteiger charge is -2.16. The van der Waals surface area contributed by atoms with E-state index >= 15 is 0 Å². The second-order valence-electron chi connectivity index (χ2n) is 4.97. The van der Waals surface area contributed by atoms with Gasteiger partial charge in [-0.2, -0.15) is 11.8 Å². The molecule has 0 spiro atoms. The van der Waals surface area contributed by atoms with Crippen LogP contribution in [0.3, 0.4) is 0 Å². The summed E-state index contributed by atoms with van der Waals surface area (Å²) >= 11 is 1.65. The average Bonchev–Trinajstić information content (AvgIpc) is 2.56. The van der Waals surface area contributed by atoms with Crippen LogP contribution >= 0.6 is 11.8 Å². The molecule has 1 aromatic carbocycles. The molecular formula is C17H20N2O2S. The standard InChI is InChI=1S/C17H20N2O2S/c1-22-12-16(7-8-20)19-17(21)15-9-14(10-18-11-15)13-5-3-2-4-6-13/h2-6,9-11,16,20H,7-8,12H2,1H3,(H,19,21). The quantitative estimate of drug-likeness (QED) is 0.824. The lowest BCUT2D eigenvalue weighted by atomic mass is 10.1. The second-order valence-corrected chi connectivity index (χ2v) is 5.88. The van der Waals surface area contributed by atoms with Gasteiger partial charge >= 0.3 is 0 Å². The van der Waals surface area contributed by atoms with Gasteiger partial charge in [-0.1, -0.05) is 30.3 Å². The fourth-order valence-corrected chi connectivity index (χ4v) is 2.83. The van der Waals surface area contributed by atoms with E-state index in [1.54, 1.807) is 24.2 Å². The number of pyridine rings is 1. The molecule has 0 saturated carbocycles. The molecule has 116 valence electrons. The second kappa shape index (κ2) is 8.56. The Morgan fingerprint density at radius 2 is 2.05 bits per heavy atom. The van der Waals surface area contributed by atoms with Crippen molar-refractivity contribution in [2.24, 2.45) is 0 Å². The highest BCUT2D eigenvalue weighted by Gasteiger charge is 2.14. The molecule has 0 radical (unpaired) electrons. The summed E-state index contributed by atoms with van der Waals surface area (Å²) in [4.78, 5) is 16.5. The predicted molar refractivity (Wildman–Crippen MR) is 91.0 cm³/mol. The number of rotatable bonds is 7. The molecule has 1 aromatic heterocycles. The van der Waals surface area contributed by atoms with E-state index in [1.165, 1.54) is 0 Å². The molecule has 1 heterocycles. The number of nitrogens with zero attached hydrogens (tertiary/aromatic N) is 1. The first kappa shape index (κ1) is 16.5. The van der Waals surface area contributed by atoms with Crippen LogP contribution in [0.4, 0.5) is 0 Å². The number of aliphatic hydroxyl groups excluding tert-OH is 1. The molecule has 1 amide bonds. The number of aromatic nitrogens is 1. The van der Waals surface area contributed by atoms with Gasteiger partial charge in [0.1, 0.15) is 0 Å². The van der Waals surface area contributed by atoms with Gasteiger partial charge in [0.2, 0.25) is 0 Å². The van der Waals surface area contributed by atoms with Gasteiger partial charge in [-0.3, -0.25) is 9.78 Å². The first-order valence-corrected chi connectivity index (χ1v) is 8.55. The highest BCUT2D eigenvalue weighted by molar-refractivity contribution is 7.98. The lowest BCUT2D eigenvalue weighted by Crippen LogP contribution is -2.37. The Hall–Kier alpha value is -1.85. The summed E-state index contributed by atoms with van der Waals surface area (Å²) in [6.45, 7) is 0.0633. The van der Waals surface area contributed by atoms with E-state index in [4.69, 9.17) is 5.11 Å². The van der Waals surface area contributed by atoms with Gasteiger partial charge in [0.25, 0.3) is 5.91 Å². The molecule has 0 aliphatic carbocycles. The van der Waals surface area contributed by atoms with E-state index in [1.807, 2.05) is 42.7 Å². The summed E-state index contributed by atoms with van der Waals surface area (Å²) in [7, 11) is 0. The number of nitrogens with one attached hydrogen (secondary N) is 1. The molecule has 4 nitrogen and oxygen atoms in total. The summed E-state index contributed by atoms with van der Waals surface area (Å²) in [6.07, 6.45) is 5.85. The molecule has 2 rings (SSSR count). The molecule has 0 aliphatic heterocycles. The van der Waals surface area contributed by atoms with E-state index < -0.39 is 0 Å². The minimum Gasteiger partial charge on any atom is -0.396 e. The van der Waals surface area contributed by atoms with Crippen LogP contribution in [0.5, 0.6) is 0 Å². The van der Waals surface area contributed by atoms with Gasteiger partial charge in [0.15, 0.2) is 0 Å². The van der Waals surface area contributed by atoms with E-state index in [0.717, 1.165) is 16.9 Å². The zero-order chi connectivity index (χ0) is 15.8. The van der Waals surface area contributed by atoms with Crippen LogP contribution < -0.4 is 5.32 Å². The highest BCUT2D eigenvalue weighted by Crippen LogP contribution is 2.18. The van der Waals surface area contributed by atoms with Crippen molar-refractivity contribution < 1.29 is 9.90 Å². The van der Waals surface area contributed by atoms with Crippen molar-refractivity contribution in [3.05, 3.63) is 54.4 Å². The fraction of sp³-hybridized carbons (Fsp3) is 0.294. The maximum Gasteiger partial charge on any atom is 0.253 e. The van der Waals surface area contributed by atoms with Crippen LogP contribution in [-0.4, -0.2) is 40.7 Å². The lowest BCUT2D eigenvalue weighted by molar-refractivity contribution is 0.0935. The molecule has 0 bridgehead atoms. The molecule has 1 unspecified atom stereocenters. The van der Waals surface area contributed by atoms with Crippen LogP contribution in [0.25, 0.3) is 11.1 Å². The van der Waals surface area contributed by atoms with Crippen molar-refractivity contribution in [2.45, 2.75) is 12.5 Å². The van der Waals surface area contributed by atoms with Gasteiger partial charge in [0.05, 0.1) is 5.56 Å². The Morgan fingerprint density at radius 1 is 1.27 bits per heavy atom. The largest absolute Gasteiger partial charge is 0.396 e. The summed E-state index contributed by atoms with van der Waals surface area (Å²) in [5.41, 5.74) is 2.47. The molecule has 1 atom stereocenters. The third-order valence-corrected chi connectivity index (χ3v) is 4.02. The average molecular weight is 316 g/mol. The monoisotopic (exact) mass is 316 g/mol. The number of hydrogen-bond acceptors (Lipinski definition) is 4. The SMILES string of the molecule is CSCC(CCO)NC(=O)c1cncc(-c2ccccc2)c1. The number of benzene rings is 1. The fourth-order valence-electron chi connectivity index (χ4n) is 2.18. The highest BCUT2D eigenvalue weighted by atomic mass is 32.2. The van der Waals surface area contributed by atoms with Gasteiger partial charge in [-0.25, -0.2) is 0 Å². The van der Waals surface area contributed by atoms with Gasteiger partial charge in [-0.05, 0) is 24.3 Å². The number of carbonyl (C=O) groups excluding carboxylic acids is 1. The van der Waals surface area contributed by atoms with Crippen LogP contribution in [0.15, 0.2) is 48.8 Å². The van der Waals surface area contributed by atoms with E-state index in [9.17, 15) is 4.79 Å². The first-order chi connectivity index (χ1) is 10.7. The van der Waals surface area contributed by atoms with Crippen LogP contribution in [0, 0.1) is 0 Å². The maximum absolute atomic E-state index is 12.3. The Labute approximate surface area is 135 Å². The van der Waals surface area contributed by atoms with Crippen LogP contribution in [0.2, 0.25) is 0 Å². The van der Waals surface area contributed by atoms with Crippen molar-refractivity contribution in [1.29, 1.82) is 0 Å². The van der Waals surface area contributed by atoms with Crippen molar-refractivity contribution in [1.82, 2.24) is 10.3 Å². The first-order valence-electron chi connectivity index (χ1n) is 7.15. The number of carbonyl (C=O) groups is 1. The van der Waals surface area contributed by atoms with E-state index in [0.29, 0.717) is 12.0 Å². The molecular weight excluding hydrogens is 296 g/mol. The third kappa shape index (κ3) is 4.58. The van der Waals surface area contributed by atoms with Gasteiger partial charge < -0.3 is 10.4 Å². The Kier molecular flexibility index (Phi) is 6.43. The predicted octanol–water partition coefficient (Wildman–Crippen LogP) is 2.59. The van der Waals surface area contributed by atoms with Gasteiger partial charge in [0, 0.05) is 36.4 Å². The number of amides is 1. The number of thioether (sulfide) groups is 1. The van der Waals surface area contributed by atoms with Crippen molar-refractivity contribution >= 4 is 17.7 Å². The zero-order valence-corrected chi connectivity index (χ0v) is 13.3. The molecule has 5 heteroatoms. The molecule has 2 N–H and O–H groups in total. The minimum atomic E-state index is -0.155. The number of hydrogen-bond donors (Lipinski definition) is 2. The van der Waals surface area contributed by atoms with Gasteiger partial charge in [-0.15, -0.1) is 0 Å².